The Morgan fingerprint density at radius 2 is 1.90 bits per heavy atom. The van der Waals surface area contributed by atoms with Gasteiger partial charge in [0, 0.05) is 13.1 Å². The highest BCUT2D eigenvalue weighted by Gasteiger charge is 2.34. The van der Waals surface area contributed by atoms with Crippen LogP contribution in [0.4, 0.5) is 0 Å². The first-order valence-corrected chi connectivity index (χ1v) is 6.57. The maximum Gasteiger partial charge on any atom is 0.258 e. The van der Waals surface area contributed by atoms with Gasteiger partial charge in [-0.3, -0.25) is 4.79 Å². The average molecular weight is 267 g/mol. The van der Waals surface area contributed by atoms with Crippen molar-refractivity contribution in [3.8, 4) is 11.5 Å². The van der Waals surface area contributed by atoms with E-state index >= 15 is 0 Å². The molecule has 0 fully saturated rings. The van der Waals surface area contributed by atoms with Gasteiger partial charge in [0.2, 0.25) is 6.79 Å². The van der Waals surface area contributed by atoms with Crippen LogP contribution in [0.15, 0.2) is 42.5 Å². The highest BCUT2D eigenvalue weighted by molar-refractivity contribution is 6.01. The molecule has 0 aromatic heterocycles. The van der Waals surface area contributed by atoms with E-state index in [1.807, 2.05) is 47.4 Å². The number of fused-ring (bicyclic) bond motifs is 3. The molecule has 0 N–H and O–H groups in total. The second-order valence-corrected chi connectivity index (χ2v) is 4.98. The number of nitrogens with zero attached hydrogens (tertiary/aromatic N) is 1. The van der Waals surface area contributed by atoms with Crippen molar-refractivity contribution in [2.45, 2.75) is 13.1 Å². The topological polar surface area (TPSA) is 38.8 Å². The molecular formula is C16H13NO3. The van der Waals surface area contributed by atoms with Crippen molar-refractivity contribution >= 4 is 5.91 Å². The second kappa shape index (κ2) is 4.27. The molecule has 4 heteroatoms. The SMILES string of the molecule is O=C1c2c(ccc3c2OCO3)CN1Cc1ccccc1. The zero-order valence-corrected chi connectivity index (χ0v) is 10.8. The van der Waals surface area contributed by atoms with Gasteiger partial charge in [0.25, 0.3) is 5.91 Å². The zero-order valence-electron chi connectivity index (χ0n) is 10.8. The smallest absolute Gasteiger partial charge is 0.258 e. The molecule has 2 aromatic rings. The molecular weight excluding hydrogens is 254 g/mol. The number of benzene rings is 2. The van der Waals surface area contributed by atoms with Gasteiger partial charge in [-0.2, -0.15) is 0 Å². The number of carbonyl (C=O) groups excluding carboxylic acids is 1. The average Bonchev–Trinajstić information content (AvgIpc) is 3.05. The zero-order chi connectivity index (χ0) is 13.5. The molecule has 4 rings (SSSR count). The third kappa shape index (κ3) is 1.65. The molecule has 20 heavy (non-hydrogen) atoms. The van der Waals surface area contributed by atoms with Crippen LogP contribution in [0.1, 0.15) is 21.5 Å². The summed E-state index contributed by atoms with van der Waals surface area (Å²) in [7, 11) is 0. The number of rotatable bonds is 2. The summed E-state index contributed by atoms with van der Waals surface area (Å²) in [5.74, 6) is 1.29. The molecule has 0 spiro atoms. The predicted octanol–water partition coefficient (Wildman–Crippen LogP) is 2.57. The molecule has 0 radical (unpaired) electrons. The first-order chi connectivity index (χ1) is 9.83. The molecule has 0 unspecified atom stereocenters. The second-order valence-electron chi connectivity index (χ2n) is 4.98. The highest BCUT2D eigenvalue weighted by atomic mass is 16.7. The lowest BCUT2D eigenvalue weighted by Gasteiger charge is -2.15. The van der Waals surface area contributed by atoms with Gasteiger partial charge in [0.15, 0.2) is 11.5 Å². The van der Waals surface area contributed by atoms with Crippen LogP contribution in [0.2, 0.25) is 0 Å². The predicted molar refractivity (Wildman–Crippen MR) is 72.6 cm³/mol. The van der Waals surface area contributed by atoms with E-state index in [-0.39, 0.29) is 12.7 Å². The first-order valence-electron chi connectivity index (χ1n) is 6.57. The van der Waals surface area contributed by atoms with Gasteiger partial charge in [-0.05, 0) is 17.2 Å². The molecule has 2 aliphatic rings. The minimum Gasteiger partial charge on any atom is -0.454 e. The molecule has 4 nitrogen and oxygen atoms in total. The van der Waals surface area contributed by atoms with Crippen LogP contribution in [0.5, 0.6) is 11.5 Å². The van der Waals surface area contributed by atoms with Crippen molar-refractivity contribution < 1.29 is 14.3 Å². The Morgan fingerprint density at radius 3 is 2.75 bits per heavy atom. The Kier molecular flexibility index (Phi) is 2.42. The van der Waals surface area contributed by atoms with Gasteiger partial charge in [-0.25, -0.2) is 0 Å². The maximum absolute atomic E-state index is 12.6. The van der Waals surface area contributed by atoms with Gasteiger partial charge in [-0.1, -0.05) is 36.4 Å². The summed E-state index contributed by atoms with van der Waals surface area (Å²) in [6.07, 6.45) is 0. The van der Waals surface area contributed by atoms with Crippen LogP contribution in [-0.4, -0.2) is 17.6 Å². The quantitative estimate of drug-likeness (QED) is 0.839. The van der Waals surface area contributed by atoms with Crippen molar-refractivity contribution in [2.75, 3.05) is 6.79 Å². The molecule has 2 aliphatic heterocycles. The van der Waals surface area contributed by atoms with E-state index in [1.54, 1.807) is 0 Å². The van der Waals surface area contributed by atoms with Gasteiger partial charge < -0.3 is 14.4 Å². The standard InChI is InChI=1S/C16H13NO3/c18-16-14-12(6-7-13-15(14)20-10-19-13)9-17(16)8-11-4-2-1-3-5-11/h1-7H,8-10H2. The molecule has 1 amide bonds. The van der Waals surface area contributed by atoms with Gasteiger partial charge in [0.05, 0.1) is 5.56 Å². The molecule has 0 bridgehead atoms. The van der Waals surface area contributed by atoms with Crippen molar-refractivity contribution in [3.63, 3.8) is 0 Å². The maximum atomic E-state index is 12.6. The number of hydrogen-bond acceptors (Lipinski definition) is 3. The minimum absolute atomic E-state index is 0.0196. The number of ether oxygens (including phenoxy) is 2. The van der Waals surface area contributed by atoms with Crippen LogP contribution in [0, 0.1) is 0 Å². The Hall–Kier alpha value is -2.49. The lowest BCUT2D eigenvalue weighted by atomic mass is 10.1. The summed E-state index contributed by atoms with van der Waals surface area (Å²) in [5.41, 5.74) is 2.80. The van der Waals surface area contributed by atoms with Crippen LogP contribution in [-0.2, 0) is 13.1 Å². The lowest BCUT2D eigenvalue weighted by Crippen LogP contribution is -2.23. The highest BCUT2D eigenvalue weighted by Crippen LogP contribution is 2.41. The Balaban J connectivity index is 1.66. The van der Waals surface area contributed by atoms with Crippen molar-refractivity contribution in [3.05, 3.63) is 59.2 Å². The third-order valence-electron chi connectivity index (χ3n) is 3.70. The molecule has 0 aliphatic carbocycles. The van der Waals surface area contributed by atoms with E-state index in [0.717, 1.165) is 11.1 Å². The van der Waals surface area contributed by atoms with E-state index in [4.69, 9.17) is 9.47 Å². The van der Waals surface area contributed by atoms with Gasteiger partial charge >= 0.3 is 0 Å². The Bertz CT molecular complexity index is 682. The van der Waals surface area contributed by atoms with E-state index in [2.05, 4.69) is 0 Å². The van der Waals surface area contributed by atoms with Crippen LogP contribution >= 0.6 is 0 Å². The number of amides is 1. The molecule has 0 saturated heterocycles. The van der Waals surface area contributed by atoms with E-state index in [9.17, 15) is 4.79 Å². The fourth-order valence-corrected chi connectivity index (χ4v) is 2.75. The summed E-state index contributed by atoms with van der Waals surface area (Å²) < 4.78 is 10.8. The minimum atomic E-state index is 0.0196. The van der Waals surface area contributed by atoms with Crippen LogP contribution in [0.3, 0.4) is 0 Å². The normalized spacial score (nSPS) is 15.6. The number of hydrogen-bond donors (Lipinski definition) is 0. The van der Waals surface area contributed by atoms with Crippen molar-refractivity contribution in [1.82, 2.24) is 4.90 Å². The number of carbonyl (C=O) groups is 1. The summed E-state index contributed by atoms with van der Waals surface area (Å²) >= 11 is 0. The van der Waals surface area contributed by atoms with Gasteiger partial charge in [0.1, 0.15) is 0 Å². The summed E-state index contributed by atoms with van der Waals surface area (Å²) in [6, 6.07) is 13.8. The third-order valence-corrected chi connectivity index (χ3v) is 3.70. The molecule has 0 saturated carbocycles. The van der Waals surface area contributed by atoms with Crippen molar-refractivity contribution in [2.24, 2.45) is 0 Å². The van der Waals surface area contributed by atoms with E-state index in [0.29, 0.717) is 30.2 Å². The summed E-state index contributed by atoms with van der Waals surface area (Å²) in [4.78, 5) is 14.4. The van der Waals surface area contributed by atoms with Crippen LogP contribution < -0.4 is 9.47 Å². The van der Waals surface area contributed by atoms with Crippen molar-refractivity contribution in [1.29, 1.82) is 0 Å². The summed E-state index contributed by atoms with van der Waals surface area (Å²) in [6.45, 7) is 1.43. The Labute approximate surface area is 116 Å². The fourth-order valence-electron chi connectivity index (χ4n) is 2.75. The first kappa shape index (κ1) is 11.3. The largest absolute Gasteiger partial charge is 0.454 e. The Morgan fingerprint density at radius 1 is 1.05 bits per heavy atom. The lowest BCUT2D eigenvalue weighted by molar-refractivity contribution is 0.0763. The van der Waals surface area contributed by atoms with E-state index in [1.165, 1.54) is 0 Å². The summed E-state index contributed by atoms with van der Waals surface area (Å²) in [5, 5.41) is 0. The van der Waals surface area contributed by atoms with E-state index < -0.39 is 0 Å². The van der Waals surface area contributed by atoms with Gasteiger partial charge in [-0.15, -0.1) is 0 Å². The fraction of sp³-hybridized carbons (Fsp3) is 0.188. The molecule has 2 aromatic carbocycles. The molecule has 0 atom stereocenters. The van der Waals surface area contributed by atoms with Crippen LogP contribution in [0.25, 0.3) is 0 Å². The molecule has 2 heterocycles. The molecule has 100 valence electrons. The monoisotopic (exact) mass is 267 g/mol.